The van der Waals surface area contributed by atoms with Crippen LogP contribution in [0.1, 0.15) is 32.1 Å². The number of rotatable bonds is 6. The second kappa shape index (κ2) is 6.33. The highest BCUT2D eigenvalue weighted by Gasteiger charge is 2.43. The predicted molar refractivity (Wildman–Crippen MR) is 68.0 cm³/mol. The van der Waals surface area contributed by atoms with Gasteiger partial charge in [-0.15, -0.1) is 0 Å². The van der Waals surface area contributed by atoms with Gasteiger partial charge in [-0.25, -0.2) is 4.79 Å². The van der Waals surface area contributed by atoms with Crippen molar-refractivity contribution >= 4 is 28.2 Å². The average Bonchev–Trinajstić information content (AvgIpc) is 2.27. The molecule has 0 spiro atoms. The quantitative estimate of drug-likeness (QED) is 0.396. The van der Waals surface area contributed by atoms with Crippen molar-refractivity contribution in [2.75, 3.05) is 6.61 Å². The number of carbonyl (C=O) groups is 3. The van der Waals surface area contributed by atoms with E-state index < -0.39 is 41.8 Å². The normalized spacial score (nSPS) is 25.6. The van der Waals surface area contributed by atoms with Crippen molar-refractivity contribution in [1.82, 2.24) is 0 Å². The number of carboxylic acids is 2. The summed E-state index contributed by atoms with van der Waals surface area (Å²) in [6.07, 6.45) is 0.207. The van der Waals surface area contributed by atoms with Crippen LogP contribution in [0.2, 0.25) is 0 Å². The summed E-state index contributed by atoms with van der Waals surface area (Å²) < 4.78 is 10.5. The first kappa shape index (κ1) is 16.6. The van der Waals surface area contributed by atoms with Gasteiger partial charge in [-0.2, -0.15) is 0 Å². The highest BCUT2D eigenvalue weighted by molar-refractivity contribution is 6.14. The number of hydrogen-bond donors (Lipinski definition) is 3. The van der Waals surface area contributed by atoms with Crippen LogP contribution < -0.4 is 0 Å². The van der Waals surface area contributed by atoms with Crippen molar-refractivity contribution in [1.29, 1.82) is 0 Å². The summed E-state index contributed by atoms with van der Waals surface area (Å²) in [7, 11) is 0.403. The van der Waals surface area contributed by atoms with E-state index in [9.17, 15) is 19.5 Å². The Morgan fingerprint density at radius 2 is 1.90 bits per heavy atom. The fraction of sp³-hybridized carbons (Fsp3) is 0.727. The molecule has 1 aliphatic heterocycles. The van der Waals surface area contributed by atoms with Crippen LogP contribution in [0.3, 0.4) is 0 Å². The highest BCUT2D eigenvalue weighted by atomic mass is 28.1. The molecule has 1 aliphatic rings. The van der Waals surface area contributed by atoms with E-state index in [-0.39, 0.29) is 0 Å². The Bertz CT molecular complexity index is 403. The van der Waals surface area contributed by atoms with Crippen LogP contribution in [0.4, 0.5) is 0 Å². The molecule has 1 heterocycles. The van der Waals surface area contributed by atoms with Crippen LogP contribution >= 0.6 is 0 Å². The van der Waals surface area contributed by atoms with Gasteiger partial charge in [0, 0.05) is 6.42 Å². The van der Waals surface area contributed by atoms with E-state index >= 15 is 0 Å². The Hall–Kier alpha value is -1.45. The van der Waals surface area contributed by atoms with Crippen LogP contribution in [0.5, 0.6) is 0 Å². The van der Waals surface area contributed by atoms with E-state index in [2.05, 4.69) is 0 Å². The number of carboxylic acid groups (broad SMARTS) is 2. The highest BCUT2D eigenvalue weighted by Crippen LogP contribution is 2.25. The van der Waals surface area contributed by atoms with E-state index in [4.69, 9.17) is 19.7 Å². The second-order valence-corrected chi connectivity index (χ2v) is 6.52. The summed E-state index contributed by atoms with van der Waals surface area (Å²) in [6, 6.07) is 0. The molecule has 8 nitrogen and oxygen atoms in total. The molecule has 0 radical (unpaired) electrons. The molecule has 0 bridgehead atoms. The molecule has 0 aromatic carbocycles. The minimum atomic E-state index is -2.67. The Labute approximate surface area is 118 Å². The summed E-state index contributed by atoms with van der Waals surface area (Å²) in [5, 5.41) is 27.2. The molecular weight excluding hydrogens is 288 g/mol. The molecule has 0 aromatic heterocycles. The summed E-state index contributed by atoms with van der Waals surface area (Å²) >= 11 is 0. The molecule has 2 atom stereocenters. The summed E-state index contributed by atoms with van der Waals surface area (Å²) in [5.41, 5.74) is -3.69. The van der Waals surface area contributed by atoms with Crippen LogP contribution in [0.15, 0.2) is 0 Å². The first-order chi connectivity index (χ1) is 9.17. The maximum absolute atomic E-state index is 11.7. The van der Waals surface area contributed by atoms with E-state index in [1.807, 2.05) is 0 Å². The first-order valence-electron chi connectivity index (χ1n) is 6.20. The fourth-order valence-corrected chi connectivity index (χ4v) is 2.75. The maximum Gasteiger partial charge on any atom is 0.336 e. The molecule has 3 N–H and O–H groups in total. The average molecular weight is 306 g/mol. The number of carbonyl (C=O) groups excluding carboxylic acids is 1. The minimum Gasteiger partial charge on any atom is -0.481 e. The van der Waals surface area contributed by atoms with Gasteiger partial charge in [0.2, 0.25) is 0 Å². The molecule has 1 fully saturated rings. The van der Waals surface area contributed by atoms with Crippen LogP contribution in [0.25, 0.3) is 0 Å². The predicted octanol–water partition coefficient (Wildman–Crippen LogP) is -1.57. The van der Waals surface area contributed by atoms with Gasteiger partial charge in [-0.1, -0.05) is 0 Å². The van der Waals surface area contributed by atoms with Crippen LogP contribution in [0, 0.1) is 0 Å². The fourth-order valence-electron chi connectivity index (χ4n) is 1.97. The lowest BCUT2D eigenvalue weighted by molar-refractivity contribution is -0.211. The van der Waals surface area contributed by atoms with E-state index in [0.29, 0.717) is 23.3 Å². The van der Waals surface area contributed by atoms with Gasteiger partial charge in [0.1, 0.15) is 0 Å². The van der Waals surface area contributed by atoms with Gasteiger partial charge in [0.15, 0.2) is 11.0 Å². The SMILES string of the molecule is O=C(O)CC(O)(CC(=O)OC1([SiH3])CCCCO1)C(=O)O. The van der Waals surface area contributed by atoms with Gasteiger partial charge < -0.3 is 24.8 Å². The van der Waals surface area contributed by atoms with Crippen molar-refractivity contribution in [2.24, 2.45) is 0 Å². The number of ether oxygens (including phenoxy) is 2. The van der Waals surface area contributed by atoms with Crippen LogP contribution in [-0.2, 0) is 23.9 Å². The number of aliphatic carboxylic acids is 2. The molecule has 1 rings (SSSR count). The summed E-state index contributed by atoms with van der Waals surface area (Å²) in [6.45, 7) is 0.453. The number of hydrogen-bond acceptors (Lipinski definition) is 6. The Morgan fingerprint density at radius 1 is 1.25 bits per heavy atom. The van der Waals surface area contributed by atoms with Crippen molar-refractivity contribution in [3.8, 4) is 0 Å². The number of esters is 1. The monoisotopic (exact) mass is 306 g/mol. The lowest BCUT2D eigenvalue weighted by Crippen LogP contribution is -2.46. The lowest BCUT2D eigenvalue weighted by Gasteiger charge is -2.34. The zero-order chi connectivity index (χ0) is 15.4. The Balaban J connectivity index is 2.66. The molecule has 1 saturated heterocycles. The van der Waals surface area contributed by atoms with Crippen molar-refractivity contribution < 1.29 is 39.2 Å². The van der Waals surface area contributed by atoms with E-state index in [0.717, 1.165) is 12.8 Å². The summed E-state index contributed by atoms with van der Waals surface area (Å²) in [5.74, 6) is -4.27. The van der Waals surface area contributed by atoms with Gasteiger partial charge in [0.05, 0.1) is 29.7 Å². The summed E-state index contributed by atoms with van der Waals surface area (Å²) in [4.78, 5) is 33.2. The number of aliphatic hydroxyl groups is 1. The third-order valence-corrected chi connectivity index (χ3v) is 4.03. The molecule has 2 unspecified atom stereocenters. The molecule has 0 aliphatic carbocycles. The molecule has 20 heavy (non-hydrogen) atoms. The molecule has 0 saturated carbocycles. The maximum atomic E-state index is 11.7. The van der Waals surface area contributed by atoms with E-state index in [1.165, 1.54) is 0 Å². The molecule has 114 valence electrons. The van der Waals surface area contributed by atoms with Gasteiger partial charge in [0.25, 0.3) is 0 Å². The zero-order valence-electron chi connectivity index (χ0n) is 11.1. The molecule has 9 heteroatoms. The zero-order valence-corrected chi connectivity index (χ0v) is 13.1. The largest absolute Gasteiger partial charge is 0.481 e. The van der Waals surface area contributed by atoms with Crippen molar-refractivity contribution in [2.45, 2.75) is 43.1 Å². The molecule has 0 aromatic rings. The van der Waals surface area contributed by atoms with Crippen molar-refractivity contribution in [3.63, 3.8) is 0 Å². The first-order valence-corrected chi connectivity index (χ1v) is 7.20. The topological polar surface area (TPSA) is 130 Å². The third-order valence-electron chi connectivity index (χ3n) is 3.04. The Kier molecular flexibility index (Phi) is 5.26. The lowest BCUT2D eigenvalue weighted by atomic mass is 9.96. The third kappa shape index (κ3) is 4.58. The minimum absolute atomic E-state index is 0.403. The van der Waals surface area contributed by atoms with Gasteiger partial charge in [-0.05, 0) is 12.8 Å². The van der Waals surface area contributed by atoms with Crippen molar-refractivity contribution in [3.05, 3.63) is 0 Å². The second-order valence-electron chi connectivity index (χ2n) is 5.00. The smallest absolute Gasteiger partial charge is 0.336 e. The van der Waals surface area contributed by atoms with E-state index in [1.54, 1.807) is 0 Å². The molecule has 0 amide bonds. The standard InChI is InChI=1S/C11H18O8Si/c12-7(13)5-10(17,9(15)16)6-8(14)19-11(20)3-1-2-4-18-11/h17H,1-6H2,20H3,(H,12,13)(H,15,16). The van der Waals surface area contributed by atoms with Gasteiger partial charge >= 0.3 is 17.9 Å². The Morgan fingerprint density at radius 3 is 2.35 bits per heavy atom. The van der Waals surface area contributed by atoms with Gasteiger partial charge in [-0.3, -0.25) is 9.59 Å². The molecular formula is C11H18O8Si. The van der Waals surface area contributed by atoms with Crippen LogP contribution in [-0.4, -0.2) is 61.1 Å².